The fraction of sp³-hybridized carbons (Fsp3) is 0.250. The Labute approximate surface area is 114 Å². The number of carbonyl (C=O) groups excluding carboxylic acids is 1. The van der Waals surface area contributed by atoms with Crippen LogP contribution in [0.1, 0.15) is 0 Å². The third-order valence-corrected chi connectivity index (χ3v) is 2.29. The van der Waals surface area contributed by atoms with Gasteiger partial charge in [-0.15, -0.1) is 6.42 Å². The Balaban J connectivity index is 2.90. The predicted octanol–water partition coefficient (Wildman–Crippen LogP) is 0.904. The van der Waals surface area contributed by atoms with E-state index in [0.29, 0.717) is 0 Å². The number of rotatable bonds is 6. The van der Waals surface area contributed by atoms with Crippen LogP contribution in [-0.4, -0.2) is 31.0 Å². The Kier molecular flexibility index (Phi) is 5.29. The summed E-state index contributed by atoms with van der Waals surface area (Å²) in [6.45, 7) is -0.188. The molecular formula is C12H12FN3O4. The number of terminal acetylenes is 1. The molecule has 0 saturated heterocycles. The number of nitro groups is 1. The third kappa shape index (κ3) is 3.84. The van der Waals surface area contributed by atoms with Gasteiger partial charge in [0.15, 0.2) is 11.6 Å². The van der Waals surface area contributed by atoms with Crippen molar-refractivity contribution >= 4 is 17.3 Å². The standard InChI is InChI=1S/C12H12FN3O4/c1-3-4-14-12(17)7-15-9-6-11(20-2)8(13)5-10(9)16(18)19/h1,5-6,15H,4,7H2,2H3,(H,14,17). The highest BCUT2D eigenvalue weighted by Crippen LogP contribution is 2.31. The topological polar surface area (TPSA) is 93.5 Å². The van der Waals surface area contributed by atoms with E-state index in [1.807, 2.05) is 0 Å². The number of anilines is 1. The molecule has 20 heavy (non-hydrogen) atoms. The number of nitrogens with one attached hydrogen (secondary N) is 2. The first-order valence-corrected chi connectivity index (χ1v) is 5.45. The van der Waals surface area contributed by atoms with Crippen molar-refractivity contribution in [3.63, 3.8) is 0 Å². The van der Waals surface area contributed by atoms with E-state index in [4.69, 9.17) is 11.2 Å². The second-order valence-corrected chi connectivity index (χ2v) is 3.60. The molecule has 0 atom stereocenters. The monoisotopic (exact) mass is 281 g/mol. The molecule has 0 fully saturated rings. The van der Waals surface area contributed by atoms with Crippen LogP contribution in [0.3, 0.4) is 0 Å². The first kappa shape index (κ1) is 15.2. The second-order valence-electron chi connectivity index (χ2n) is 3.60. The quantitative estimate of drug-likeness (QED) is 0.459. The average Bonchev–Trinajstić information content (AvgIpc) is 2.43. The highest BCUT2D eigenvalue weighted by molar-refractivity contribution is 5.82. The minimum absolute atomic E-state index is 0.0240. The summed E-state index contributed by atoms with van der Waals surface area (Å²) in [6, 6.07) is 1.84. The zero-order valence-electron chi connectivity index (χ0n) is 10.6. The maximum Gasteiger partial charge on any atom is 0.295 e. The maximum absolute atomic E-state index is 13.4. The molecule has 0 aliphatic heterocycles. The number of halogens is 1. The van der Waals surface area contributed by atoms with Gasteiger partial charge < -0.3 is 15.4 Å². The molecule has 1 rings (SSSR count). The lowest BCUT2D eigenvalue weighted by Gasteiger charge is -2.09. The van der Waals surface area contributed by atoms with Crippen LogP contribution in [0.2, 0.25) is 0 Å². The predicted molar refractivity (Wildman–Crippen MR) is 69.9 cm³/mol. The van der Waals surface area contributed by atoms with Crippen molar-refractivity contribution in [2.75, 3.05) is 25.5 Å². The summed E-state index contributed by atoms with van der Waals surface area (Å²) >= 11 is 0. The number of nitro benzene ring substituents is 1. The van der Waals surface area contributed by atoms with Gasteiger partial charge in [0, 0.05) is 6.07 Å². The largest absolute Gasteiger partial charge is 0.494 e. The number of nitrogens with zero attached hydrogens (tertiary/aromatic N) is 1. The number of ether oxygens (including phenoxy) is 1. The van der Waals surface area contributed by atoms with Gasteiger partial charge in [0.2, 0.25) is 5.91 Å². The van der Waals surface area contributed by atoms with Crippen molar-refractivity contribution in [2.24, 2.45) is 0 Å². The smallest absolute Gasteiger partial charge is 0.295 e. The van der Waals surface area contributed by atoms with E-state index in [9.17, 15) is 19.3 Å². The van der Waals surface area contributed by atoms with Crippen molar-refractivity contribution < 1.29 is 18.8 Å². The molecule has 0 aromatic heterocycles. The Morgan fingerprint density at radius 2 is 2.30 bits per heavy atom. The van der Waals surface area contributed by atoms with Crippen LogP contribution in [0.15, 0.2) is 12.1 Å². The van der Waals surface area contributed by atoms with E-state index in [1.54, 1.807) is 0 Å². The number of carbonyl (C=O) groups is 1. The Morgan fingerprint density at radius 1 is 1.60 bits per heavy atom. The highest BCUT2D eigenvalue weighted by atomic mass is 19.1. The summed E-state index contributed by atoms with van der Waals surface area (Å²) in [4.78, 5) is 21.4. The van der Waals surface area contributed by atoms with E-state index in [2.05, 4.69) is 16.6 Å². The van der Waals surface area contributed by atoms with E-state index in [-0.39, 0.29) is 24.5 Å². The van der Waals surface area contributed by atoms with Gasteiger partial charge in [0.25, 0.3) is 5.69 Å². The van der Waals surface area contributed by atoms with Crippen LogP contribution in [0, 0.1) is 28.3 Å². The number of amides is 1. The van der Waals surface area contributed by atoms with Crippen LogP contribution in [0.5, 0.6) is 5.75 Å². The maximum atomic E-state index is 13.4. The first-order valence-electron chi connectivity index (χ1n) is 5.45. The molecule has 0 bridgehead atoms. The van der Waals surface area contributed by atoms with Gasteiger partial charge in [-0.1, -0.05) is 5.92 Å². The van der Waals surface area contributed by atoms with Gasteiger partial charge in [-0.25, -0.2) is 4.39 Å². The van der Waals surface area contributed by atoms with Gasteiger partial charge in [-0.2, -0.15) is 0 Å². The van der Waals surface area contributed by atoms with Gasteiger partial charge in [0.05, 0.1) is 31.2 Å². The molecule has 7 nitrogen and oxygen atoms in total. The molecule has 8 heteroatoms. The lowest BCUT2D eigenvalue weighted by Crippen LogP contribution is -2.30. The number of methoxy groups -OCH3 is 1. The number of hydrogen-bond donors (Lipinski definition) is 2. The van der Waals surface area contributed by atoms with Crippen molar-refractivity contribution in [1.82, 2.24) is 5.32 Å². The minimum Gasteiger partial charge on any atom is -0.494 e. The van der Waals surface area contributed by atoms with Crippen molar-refractivity contribution in [2.45, 2.75) is 0 Å². The molecule has 0 heterocycles. The lowest BCUT2D eigenvalue weighted by atomic mass is 10.2. The molecule has 0 aliphatic rings. The van der Waals surface area contributed by atoms with E-state index in [1.165, 1.54) is 7.11 Å². The summed E-state index contributed by atoms with van der Waals surface area (Å²) in [6.07, 6.45) is 4.97. The second kappa shape index (κ2) is 6.94. The Hall–Kier alpha value is -2.82. The molecule has 1 amide bonds. The fourth-order valence-corrected chi connectivity index (χ4v) is 1.38. The highest BCUT2D eigenvalue weighted by Gasteiger charge is 2.19. The van der Waals surface area contributed by atoms with Crippen LogP contribution < -0.4 is 15.4 Å². The van der Waals surface area contributed by atoms with Crippen LogP contribution in [0.4, 0.5) is 15.8 Å². The molecule has 0 saturated carbocycles. The molecule has 1 aromatic rings. The third-order valence-electron chi connectivity index (χ3n) is 2.29. The first-order chi connectivity index (χ1) is 9.49. The Morgan fingerprint density at radius 3 is 2.85 bits per heavy atom. The normalized spacial score (nSPS) is 9.45. The fourth-order valence-electron chi connectivity index (χ4n) is 1.38. The van der Waals surface area contributed by atoms with E-state index < -0.39 is 22.3 Å². The van der Waals surface area contributed by atoms with Gasteiger partial charge in [-0.05, 0) is 0 Å². The summed E-state index contributed by atoms with van der Waals surface area (Å²) < 4.78 is 18.1. The molecule has 0 aliphatic carbocycles. The molecule has 0 radical (unpaired) electrons. The summed E-state index contributed by atoms with van der Waals surface area (Å²) in [7, 11) is 1.23. The van der Waals surface area contributed by atoms with E-state index in [0.717, 1.165) is 12.1 Å². The molecule has 0 unspecified atom stereocenters. The van der Waals surface area contributed by atoms with Crippen molar-refractivity contribution in [1.29, 1.82) is 0 Å². The van der Waals surface area contributed by atoms with Crippen LogP contribution >= 0.6 is 0 Å². The number of benzene rings is 1. The van der Waals surface area contributed by atoms with Crippen LogP contribution in [-0.2, 0) is 4.79 Å². The number of hydrogen-bond acceptors (Lipinski definition) is 5. The molecule has 106 valence electrons. The van der Waals surface area contributed by atoms with Gasteiger partial charge in [-0.3, -0.25) is 14.9 Å². The van der Waals surface area contributed by atoms with Gasteiger partial charge in [0.1, 0.15) is 5.69 Å². The minimum atomic E-state index is -0.860. The molecule has 1 aromatic carbocycles. The molecular weight excluding hydrogens is 269 g/mol. The summed E-state index contributed by atoms with van der Waals surface area (Å²) in [5, 5.41) is 15.7. The summed E-state index contributed by atoms with van der Waals surface area (Å²) in [5.74, 6) is 0.746. The molecule has 2 N–H and O–H groups in total. The van der Waals surface area contributed by atoms with Gasteiger partial charge >= 0.3 is 0 Å². The van der Waals surface area contributed by atoms with E-state index >= 15 is 0 Å². The Bertz CT molecular complexity index is 569. The molecule has 0 spiro atoms. The zero-order valence-corrected chi connectivity index (χ0v) is 10.6. The summed E-state index contributed by atoms with van der Waals surface area (Å²) in [5.41, 5.74) is -0.517. The SMILES string of the molecule is C#CCNC(=O)CNc1cc(OC)c(F)cc1[N+](=O)[O-]. The van der Waals surface area contributed by atoms with Crippen molar-refractivity contribution in [3.8, 4) is 18.1 Å². The van der Waals surface area contributed by atoms with Crippen molar-refractivity contribution in [3.05, 3.63) is 28.1 Å². The average molecular weight is 281 g/mol. The lowest BCUT2D eigenvalue weighted by molar-refractivity contribution is -0.384. The zero-order chi connectivity index (χ0) is 15.1. The van der Waals surface area contributed by atoms with Crippen LogP contribution in [0.25, 0.3) is 0 Å².